The van der Waals surface area contributed by atoms with E-state index in [2.05, 4.69) is 9.97 Å². The Kier molecular flexibility index (Phi) is 3.66. The van der Waals surface area contributed by atoms with Crippen LogP contribution in [0.5, 0.6) is 5.88 Å². The molecule has 1 atom stereocenters. The molecule has 19 heavy (non-hydrogen) atoms. The summed E-state index contributed by atoms with van der Waals surface area (Å²) in [5.41, 5.74) is 5.71. The van der Waals surface area contributed by atoms with Gasteiger partial charge >= 0.3 is 0 Å². The average Bonchev–Trinajstić information content (AvgIpc) is 2.44. The SMILES string of the molecule is COc1nccnc1C(N)c1ccc(F)c(F)c1F. The summed E-state index contributed by atoms with van der Waals surface area (Å²) in [7, 11) is 1.35. The van der Waals surface area contributed by atoms with Crippen molar-refractivity contribution >= 4 is 0 Å². The highest BCUT2D eigenvalue weighted by atomic mass is 19.2. The minimum absolute atomic E-state index is 0.0964. The monoisotopic (exact) mass is 269 g/mol. The van der Waals surface area contributed by atoms with E-state index in [4.69, 9.17) is 10.5 Å². The van der Waals surface area contributed by atoms with Crippen molar-refractivity contribution in [2.75, 3.05) is 7.11 Å². The molecule has 1 heterocycles. The second-order valence-corrected chi connectivity index (χ2v) is 3.69. The lowest BCUT2D eigenvalue weighted by molar-refractivity contribution is 0.385. The van der Waals surface area contributed by atoms with Gasteiger partial charge in [0.15, 0.2) is 17.5 Å². The molecule has 0 radical (unpaired) electrons. The summed E-state index contributed by atoms with van der Waals surface area (Å²) in [6, 6.07) is 0.752. The van der Waals surface area contributed by atoms with Gasteiger partial charge in [0.25, 0.3) is 0 Å². The van der Waals surface area contributed by atoms with Crippen LogP contribution in [0.25, 0.3) is 0 Å². The van der Waals surface area contributed by atoms with E-state index in [1.165, 1.54) is 19.5 Å². The van der Waals surface area contributed by atoms with Crippen LogP contribution in [0.15, 0.2) is 24.5 Å². The Hall–Kier alpha value is -2.15. The molecule has 0 aliphatic rings. The highest BCUT2D eigenvalue weighted by molar-refractivity contribution is 5.33. The second kappa shape index (κ2) is 5.23. The Morgan fingerprint density at radius 3 is 2.47 bits per heavy atom. The van der Waals surface area contributed by atoms with Gasteiger partial charge in [0, 0.05) is 18.0 Å². The van der Waals surface area contributed by atoms with Crippen LogP contribution >= 0.6 is 0 Å². The minimum Gasteiger partial charge on any atom is -0.480 e. The topological polar surface area (TPSA) is 61.0 Å². The van der Waals surface area contributed by atoms with Crippen LogP contribution in [0, 0.1) is 17.5 Å². The lowest BCUT2D eigenvalue weighted by Crippen LogP contribution is -2.17. The first-order chi connectivity index (χ1) is 9.06. The number of methoxy groups -OCH3 is 1. The molecule has 2 aromatic rings. The lowest BCUT2D eigenvalue weighted by Gasteiger charge is -2.14. The standard InChI is InChI=1S/C12H10F3N3O/c1-19-12-11(17-4-5-18-12)10(16)6-2-3-7(13)9(15)8(6)14/h2-5,10H,16H2,1H3. The molecule has 0 saturated heterocycles. The van der Waals surface area contributed by atoms with E-state index < -0.39 is 23.5 Å². The van der Waals surface area contributed by atoms with Gasteiger partial charge in [0.05, 0.1) is 13.2 Å². The van der Waals surface area contributed by atoms with Crippen molar-refractivity contribution in [3.8, 4) is 5.88 Å². The van der Waals surface area contributed by atoms with E-state index in [1.54, 1.807) is 0 Å². The highest BCUT2D eigenvalue weighted by Crippen LogP contribution is 2.27. The van der Waals surface area contributed by atoms with Crippen molar-refractivity contribution < 1.29 is 17.9 Å². The zero-order chi connectivity index (χ0) is 14.0. The molecule has 0 amide bonds. The molecular formula is C12H10F3N3O. The maximum atomic E-state index is 13.7. The van der Waals surface area contributed by atoms with Crippen molar-refractivity contribution in [1.82, 2.24) is 9.97 Å². The van der Waals surface area contributed by atoms with Crippen molar-refractivity contribution in [3.63, 3.8) is 0 Å². The summed E-state index contributed by atoms with van der Waals surface area (Å²) in [5.74, 6) is -4.10. The van der Waals surface area contributed by atoms with Crippen molar-refractivity contribution in [2.24, 2.45) is 5.73 Å². The first-order valence-electron chi connectivity index (χ1n) is 5.30. The number of hydrogen-bond acceptors (Lipinski definition) is 4. The molecule has 100 valence electrons. The number of ether oxygens (including phenoxy) is 1. The largest absolute Gasteiger partial charge is 0.480 e. The predicted octanol–water partition coefficient (Wildman–Crippen LogP) is 1.95. The van der Waals surface area contributed by atoms with Crippen LogP contribution in [0.1, 0.15) is 17.3 Å². The van der Waals surface area contributed by atoms with Crippen LogP contribution < -0.4 is 10.5 Å². The van der Waals surface area contributed by atoms with Crippen LogP contribution in [0.4, 0.5) is 13.2 Å². The number of nitrogens with two attached hydrogens (primary N) is 1. The smallest absolute Gasteiger partial charge is 0.237 e. The van der Waals surface area contributed by atoms with E-state index >= 15 is 0 Å². The minimum atomic E-state index is -1.57. The molecule has 7 heteroatoms. The quantitative estimate of drug-likeness (QED) is 0.865. The van der Waals surface area contributed by atoms with Gasteiger partial charge in [-0.3, -0.25) is 4.98 Å². The molecule has 0 bridgehead atoms. The molecule has 4 nitrogen and oxygen atoms in total. The van der Waals surface area contributed by atoms with Gasteiger partial charge in [-0.2, -0.15) is 0 Å². The number of nitrogens with zero attached hydrogens (tertiary/aromatic N) is 2. The molecule has 0 aliphatic heterocycles. The fourth-order valence-corrected chi connectivity index (χ4v) is 1.63. The second-order valence-electron chi connectivity index (χ2n) is 3.69. The summed E-state index contributed by atoms with van der Waals surface area (Å²) in [6.07, 6.45) is 2.71. The van der Waals surface area contributed by atoms with Crippen molar-refractivity contribution in [1.29, 1.82) is 0 Å². The number of rotatable bonds is 3. The Balaban J connectivity index is 2.50. The molecule has 0 fully saturated rings. The van der Waals surface area contributed by atoms with Gasteiger partial charge in [0.1, 0.15) is 5.69 Å². The van der Waals surface area contributed by atoms with E-state index in [-0.39, 0.29) is 17.1 Å². The Morgan fingerprint density at radius 1 is 1.11 bits per heavy atom. The van der Waals surface area contributed by atoms with Gasteiger partial charge in [-0.15, -0.1) is 0 Å². The van der Waals surface area contributed by atoms with Crippen LogP contribution in [0.3, 0.4) is 0 Å². The predicted molar refractivity (Wildman–Crippen MR) is 60.9 cm³/mol. The van der Waals surface area contributed by atoms with Crippen LogP contribution in [0.2, 0.25) is 0 Å². The third kappa shape index (κ3) is 2.37. The fraction of sp³-hybridized carbons (Fsp3) is 0.167. The van der Waals surface area contributed by atoms with Gasteiger partial charge in [-0.05, 0) is 6.07 Å². The van der Waals surface area contributed by atoms with Gasteiger partial charge in [-0.1, -0.05) is 6.07 Å². The van der Waals surface area contributed by atoms with Crippen molar-refractivity contribution in [2.45, 2.75) is 6.04 Å². The third-order valence-corrected chi connectivity index (χ3v) is 2.58. The Labute approximate surface area is 107 Å². The van der Waals surface area contributed by atoms with Gasteiger partial charge < -0.3 is 10.5 Å². The number of aromatic nitrogens is 2. The van der Waals surface area contributed by atoms with Gasteiger partial charge in [-0.25, -0.2) is 18.2 Å². The molecule has 2 N–H and O–H groups in total. The molecule has 0 spiro atoms. The maximum Gasteiger partial charge on any atom is 0.237 e. The molecule has 0 aliphatic carbocycles. The van der Waals surface area contributed by atoms with E-state index in [9.17, 15) is 13.2 Å². The fourth-order valence-electron chi connectivity index (χ4n) is 1.63. The molecule has 1 aromatic heterocycles. The lowest BCUT2D eigenvalue weighted by atomic mass is 10.0. The van der Waals surface area contributed by atoms with Gasteiger partial charge in [0.2, 0.25) is 5.88 Å². The molecule has 1 unspecified atom stereocenters. The Morgan fingerprint density at radius 2 is 1.79 bits per heavy atom. The summed E-state index contributed by atoms with van der Waals surface area (Å²) in [5, 5.41) is 0. The average molecular weight is 269 g/mol. The van der Waals surface area contributed by atoms with E-state index in [0.717, 1.165) is 12.1 Å². The Bertz CT molecular complexity index is 607. The normalized spacial score (nSPS) is 12.3. The molecule has 2 rings (SSSR count). The molecular weight excluding hydrogens is 259 g/mol. The molecule has 1 aromatic carbocycles. The summed E-state index contributed by atoms with van der Waals surface area (Å²) in [6.45, 7) is 0. The van der Waals surface area contributed by atoms with Crippen LogP contribution in [-0.2, 0) is 0 Å². The van der Waals surface area contributed by atoms with E-state index in [1.807, 2.05) is 0 Å². The number of hydrogen-bond donors (Lipinski definition) is 1. The third-order valence-electron chi connectivity index (χ3n) is 2.58. The van der Waals surface area contributed by atoms with Crippen molar-refractivity contribution in [3.05, 3.63) is 53.2 Å². The summed E-state index contributed by atoms with van der Waals surface area (Å²) >= 11 is 0. The number of benzene rings is 1. The maximum absolute atomic E-state index is 13.7. The first kappa shape index (κ1) is 13.3. The highest BCUT2D eigenvalue weighted by Gasteiger charge is 2.23. The van der Waals surface area contributed by atoms with Crippen LogP contribution in [-0.4, -0.2) is 17.1 Å². The zero-order valence-corrected chi connectivity index (χ0v) is 9.90. The molecule has 0 saturated carbocycles. The first-order valence-corrected chi connectivity index (χ1v) is 5.30. The van der Waals surface area contributed by atoms with E-state index in [0.29, 0.717) is 0 Å². The summed E-state index contributed by atoms with van der Waals surface area (Å²) in [4.78, 5) is 7.78. The summed E-state index contributed by atoms with van der Waals surface area (Å²) < 4.78 is 44.6. The number of halogens is 3. The zero-order valence-electron chi connectivity index (χ0n) is 9.90.